The van der Waals surface area contributed by atoms with Gasteiger partial charge in [-0.1, -0.05) is 42.1 Å². The molecule has 0 radical (unpaired) electrons. The van der Waals surface area contributed by atoms with Crippen LogP contribution in [0.2, 0.25) is 0 Å². The molecule has 8 nitrogen and oxygen atoms in total. The fraction of sp³-hybridized carbons (Fsp3) is 0.250. The van der Waals surface area contributed by atoms with Gasteiger partial charge in [0.15, 0.2) is 5.16 Å². The third-order valence-corrected chi connectivity index (χ3v) is 6.49. The molecule has 4 rings (SSSR count). The fourth-order valence-electron chi connectivity index (χ4n) is 3.71. The van der Waals surface area contributed by atoms with Crippen molar-refractivity contribution in [3.8, 4) is 5.75 Å². The van der Waals surface area contributed by atoms with Crippen molar-refractivity contribution < 1.29 is 19.1 Å². The quantitative estimate of drug-likeness (QED) is 0.377. The predicted octanol–water partition coefficient (Wildman–Crippen LogP) is 2.88. The molecule has 1 aliphatic rings. The van der Waals surface area contributed by atoms with Crippen LogP contribution in [0, 0.1) is 0 Å². The van der Waals surface area contributed by atoms with E-state index in [0.717, 1.165) is 10.5 Å². The van der Waals surface area contributed by atoms with Crippen molar-refractivity contribution in [2.45, 2.75) is 24.2 Å². The second kappa shape index (κ2) is 9.91. The molecule has 170 valence electrons. The van der Waals surface area contributed by atoms with E-state index in [4.69, 9.17) is 4.74 Å². The van der Waals surface area contributed by atoms with Gasteiger partial charge in [0.2, 0.25) is 11.8 Å². The van der Waals surface area contributed by atoms with E-state index in [1.807, 2.05) is 41.9 Å². The Bertz CT molecular complexity index is 1150. The van der Waals surface area contributed by atoms with Gasteiger partial charge in [0.1, 0.15) is 11.8 Å². The fourth-order valence-corrected chi connectivity index (χ4v) is 4.53. The summed E-state index contributed by atoms with van der Waals surface area (Å²) in [5.74, 6) is -0.233. The minimum Gasteiger partial charge on any atom is -0.497 e. The number of aryl methyl sites for hydroxylation is 1. The first kappa shape index (κ1) is 22.6. The molecular formula is C24H24N4O4S. The Balaban J connectivity index is 1.57. The first-order valence-electron chi connectivity index (χ1n) is 10.4. The summed E-state index contributed by atoms with van der Waals surface area (Å²) in [6, 6.07) is 15.3. The number of carbonyl (C=O) groups excluding carboxylic acids is 3. The summed E-state index contributed by atoms with van der Waals surface area (Å²) in [7, 11) is 3.40. The van der Waals surface area contributed by atoms with Crippen LogP contribution in [-0.4, -0.2) is 51.1 Å². The number of ether oxygens (including phenoxy) is 1. The van der Waals surface area contributed by atoms with Crippen molar-refractivity contribution in [1.82, 2.24) is 14.5 Å². The van der Waals surface area contributed by atoms with Crippen molar-refractivity contribution >= 4 is 35.2 Å². The maximum Gasteiger partial charge on any atom is 0.257 e. The molecule has 3 aromatic rings. The average Bonchev–Trinajstić information content (AvgIpc) is 3.38. The lowest BCUT2D eigenvalue weighted by molar-refractivity contribution is -0.136. The van der Waals surface area contributed by atoms with E-state index in [9.17, 15) is 14.4 Å². The first-order valence-corrected chi connectivity index (χ1v) is 11.4. The van der Waals surface area contributed by atoms with Gasteiger partial charge in [0, 0.05) is 26.0 Å². The van der Waals surface area contributed by atoms with Crippen molar-refractivity contribution in [3.63, 3.8) is 0 Å². The van der Waals surface area contributed by atoms with Gasteiger partial charge in [-0.3, -0.25) is 14.4 Å². The number of imide groups is 1. The number of thioether (sulfide) groups is 1. The van der Waals surface area contributed by atoms with Crippen molar-refractivity contribution in [2.75, 3.05) is 17.8 Å². The van der Waals surface area contributed by atoms with Gasteiger partial charge in [0.25, 0.3) is 5.91 Å². The van der Waals surface area contributed by atoms with E-state index in [1.54, 1.807) is 43.8 Å². The molecule has 1 aliphatic heterocycles. The van der Waals surface area contributed by atoms with Crippen LogP contribution in [0.4, 0.5) is 5.69 Å². The number of methoxy groups -OCH3 is 1. The summed E-state index contributed by atoms with van der Waals surface area (Å²) < 4.78 is 6.99. The summed E-state index contributed by atoms with van der Waals surface area (Å²) in [4.78, 5) is 46.4. The van der Waals surface area contributed by atoms with Gasteiger partial charge < -0.3 is 14.2 Å². The molecule has 0 spiro atoms. The molecule has 1 fully saturated rings. The summed E-state index contributed by atoms with van der Waals surface area (Å²) in [6.45, 7) is 0.237. The normalized spacial score (nSPS) is 15.7. The van der Waals surface area contributed by atoms with Crippen LogP contribution in [0.15, 0.2) is 72.1 Å². The number of imidazole rings is 1. The second-order valence-corrected chi connectivity index (χ2v) is 8.54. The van der Waals surface area contributed by atoms with Crippen LogP contribution < -0.4 is 9.64 Å². The maximum atomic E-state index is 13.4. The van der Waals surface area contributed by atoms with Crippen molar-refractivity contribution in [2.24, 2.45) is 7.05 Å². The Morgan fingerprint density at radius 1 is 1.15 bits per heavy atom. The lowest BCUT2D eigenvalue weighted by Crippen LogP contribution is -2.45. The van der Waals surface area contributed by atoms with E-state index in [1.165, 1.54) is 16.7 Å². The zero-order chi connectivity index (χ0) is 23.4. The topological polar surface area (TPSA) is 84.7 Å². The van der Waals surface area contributed by atoms with Crippen molar-refractivity contribution in [3.05, 3.63) is 72.6 Å². The number of rotatable bonds is 8. The molecule has 3 amide bonds. The monoisotopic (exact) mass is 464 g/mol. The summed E-state index contributed by atoms with van der Waals surface area (Å²) in [5.41, 5.74) is 1.35. The lowest BCUT2D eigenvalue weighted by atomic mass is 10.1. The van der Waals surface area contributed by atoms with Gasteiger partial charge >= 0.3 is 0 Å². The zero-order valence-corrected chi connectivity index (χ0v) is 19.2. The third-order valence-electron chi connectivity index (χ3n) is 5.45. The Morgan fingerprint density at radius 2 is 1.88 bits per heavy atom. The molecule has 0 saturated carbocycles. The van der Waals surface area contributed by atoms with Gasteiger partial charge in [-0.25, -0.2) is 9.88 Å². The first-order chi connectivity index (χ1) is 16.0. The molecule has 1 aromatic heterocycles. The smallest absolute Gasteiger partial charge is 0.257 e. The third kappa shape index (κ3) is 4.93. The molecule has 2 heterocycles. The van der Waals surface area contributed by atoms with E-state index in [2.05, 4.69) is 4.98 Å². The molecule has 1 saturated heterocycles. The Labute approximate surface area is 196 Å². The lowest BCUT2D eigenvalue weighted by Gasteiger charge is -2.27. The number of carbonyl (C=O) groups is 3. The number of anilines is 1. The van der Waals surface area contributed by atoms with E-state index in [-0.39, 0.29) is 30.5 Å². The number of amides is 3. The summed E-state index contributed by atoms with van der Waals surface area (Å²) in [6.07, 6.45) is 3.41. The Hall–Kier alpha value is -3.59. The molecule has 1 atom stereocenters. The van der Waals surface area contributed by atoms with E-state index < -0.39 is 11.9 Å². The number of benzene rings is 2. The van der Waals surface area contributed by atoms with Crippen molar-refractivity contribution in [1.29, 1.82) is 0 Å². The van der Waals surface area contributed by atoms with E-state index in [0.29, 0.717) is 16.6 Å². The van der Waals surface area contributed by atoms with Gasteiger partial charge in [0.05, 0.1) is 25.0 Å². The van der Waals surface area contributed by atoms with Gasteiger partial charge in [-0.15, -0.1) is 0 Å². The Morgan fingerprint density at radius 3 is 2.52 bits per heavy atom. The summed E-state index contributed by atoms with van der Waals surface area (Å²) in [5, 5.41) is 0.705. The van der Waals surface area contributed by atoms with Gasteiger partial charge in [-0.2, -0.15) is 0 Å². The minimum absolute atomic E-state index is 0.0590. The van der Waals surface area contributed by atoms with E-state index >= 15 is 0 Å². The molecule has 0 N–H and O–H groups in total. The van der Waals surface area contributed by atoms with Crippen LogP contribution in [0.3, 0.4) is 0 Å². The second-order valence-electron chi connectivity index (χ2n) is 7.60. The molecule has 1 unspecified atom stereocenters. The molecule has 33 heavy (non-hydrogen) atoms. The largest absolute Gasteiger partial charge is 0.497 e. The highest BCUT2D eigenvalue weighted by molar-refractivity contribution is 7.99. The number of aromatic nitrogens is 2. The van der Waals surface area contributed by atoms with Crippen LogP contribution >= 0.6 is 11.8 Å². The number of hydrogen-bond acceptors (Lipinski definition) is 6. The molecule has 9 heteroatoms. The van der Waals surface area contributed by atoms with Crippen LogP contribution in [0.1, 0.15) is 12.0 Å². The SMILES string of the molecule is COc1ccc(N2C(=O)CC(N(Cc3ccccc3)C(=O)CSc3nccn3C)C2=O)cc1. The molecule has 0 bridgehead atoms. The molecule has 0 aliphatic carbocycles. The highest BCUT2D eigenvalue weighted by atomic mass is 32.2. The van der Waals surface area contributed by atoms with Crippen LogP contribution in [-0.2, 0) is 28.0 Å². The standard InChI is InChI=1S/C24H24N4O4S/c1-26-13-12-25-24(26)33-16-22(30)27(15-17-6-4-3-5-7-17)20-14-21(29)28(23(20)31)18-8-10-19(32-2)11-9-18/h3-13,20H,14-16H2,1-2H3. The average molecular weight is 465 g/mol. The maximum absolute atomic E-state index is 13.4. The molecule has 2 aromatic carbocycles. The minimum atomic E-state index is -0.866. The van der Waals surface area contributed by atoms with Crippen LogP contribution in [0.5, 0.6) is 5.75 Å². The van der Waals surface area contributed by atoms with Gasteiger partial charge in [-0.05, 0) is 29.8 Å². The number of nitrogens with zero attached hydrogens (tertiary/aromatic N) is 4. The number of hydrogen-bond donors (Lipinski definition) is 0. The Kier molecular flexibility index (Phi) is 6.79. The molecular weight excluding hydrogens is 440 g/mol. The van der Waals surface area contributed by atoms with Crippen LogP contribution in [0.25, 0.3) is 0 Å². The highest BCUT2D eigenvalue weighted by Gasteiger charge is 2.44. The zero-order valence-electron chi connectivity index (χ0n) is 18.4. The summed E-state index contributed by atoms with van der Waals surface area (Å²) >= 11 is 1.30. The highest BCUT2D eigenvalue weighted by Crippen LogP contribution is 2.29. The predicted molar refractivity (Wildman–Crippen MR) is 125 cm³/mol.